The number of rotatable bonds is 3. The first-order chi connectivity index (χ1) is 17.8. The van der Waals surface area contributed by atoms with Crippen molar-refractivity contribution in [2.24, 2.45) is 17.6 Å². The summed E-state index contributed by atoms with van der Waals surface area (Å²) in [7, 11) is 3.20. The number of aliphatic hydroxyl groups excluding tert-OH is 2. The van der Waals surface area contributed by atoms with Crippen LogP contribution in [0.4, 0.5) is 0 Å². The molecular formula is C29H30N2O7. The van der Waals surface area contributed by atoms with Crippen molar-refractivity contribution in [3.8, 4) is 16.9 Å². The van der Waals surface area contributed by atoms with Crippen molar-refractivity contribution in [2.45, 2.75) is 38.3 Å². The van der Waals surface area contributed by atoms with Crippen molar-refractivity contribution in [1.82, 2.24) is 4.90 Å². The normalized spacial score (nSPS) is 26.8. The van der Waals surface area contributed by atoms with Crippen LogP contribution >= 0.6 is 0 Å². The molecule has 3 aliphatic rings. The highest BCUT2D eigenvalue weighted by molar-refractivity contribution is 6.24. The van der Waals surface area contributed by atoms with E-state index in [2.05, 4.69) is 0 Å². The number of nitrogens with two attached hydrogens (primary N) is 1. The van der Waals surface area contributed by atoms with Gasteiger partial charge in [-0.15, -0.1) is 0 Å². The van der Waals surface area contributed by atoms with Gasteiger partial charge in [0.25, 0.3) is 5.91 Å². The van der Waals surface area contributed by atoms with Gasteiger partial charge in [-0.05, 0) is 69.5 Å². The van der Waals surface area contributed by atoms with Gasteiger partial charge < -0.3 is 26.2 Å². The third-order valence-electron chi connectivity index (χ3n) is 8.14. The van der Waals surface area contributed by atoms with Crippen LogP contribution in [0.5, 0.6) is 5.75 Å². The molecule has 0 unspecified atom stereocenters. The Labute approximate surface area is 219 Å². The third kappa shape index (κ3) is 3.42. The molecule has 4 atom stereocenters. The van der Waals surface area contributed by atoms with Crippen molar-refractivity contribution in [2.75, 3.05) is 14.1 Å². The highest BCUT2D eigenvalue weighted by Crippen LogP contribution is 2.53. The number of ketones is 2. The summed E-state index contributed by atoms with van der Waals surface area (Å²) in [6.07, 6.45) is 0.291. The van der Waals surface area contributed by atoms with E-state index < -0.39 is 58.0 Å². The van der Waals surface area contributed by atoms with E-state index in [1.54, 1.807) is 20.2 Å². The van der Waals surface area contributed by atoms with E-state index in [9.17, 15) is 34.8 Å². The molecule has 9 heteroatoms. The number of fused-ring (bicyclic) bond motifs is 3. The second-order valence-corrected chi connectivity index (χ2v) is 10.8. The zero-order valence-electron chi connectivity index (χ0n) is 21.6. The van der Waals surface area contributed by atoms with Crippen LogP contribution in [0, 0.1) is 25.7 Å². The lowest BCUT2D eigenvalue weighted by Gasteiger charge is -2.50. The number of primary amides is 1. The number of benzene rings is 2. The number of likely N-dealkylation sites (N-methyl/N-ethyl adjacent to an activating group) is 1. The standard InChI is InChI=1S/C29H30N2O7/c1-12-7-13(2)9-14(8-12)16-5-6-19(32)21-17(16)10-15-11-18-23(31(3)4)25(34)22(28(30)37)27(36)29(18,38)26(35)20(15)24(21)33/h5-9,15,18,23,32,34-35,38H,10-11H2,1-4H3,(H2,30,37)/t15-,18-,23-,29-/m0/s1. The smallest absolute Gasteiger partial charge is 0.255 e. The number of carbonyl (C=O) groups is 3. The van der Waals surface area contributed by atoms with Gasteiger partial charge in [0.15, 0.2) is 11.4 Å². The maximum Gasteiger partial charge on any atom is 0.255 e. The fourth-order valence-corrected chi connectivity index (χ4v) is 6.65. The minimum Gasteiger partial charge on any atom is -0.510 e. The lowest BCUT2D eigenvalue weighted by Crippen LogP contribution is -2.63. The molecule has 0 spiro atoms. The van der Waals surface area contributed by atoms with Crippen LogP contribution in [0.15, 0.2) is 53.0 Å². The van der Waals surface area contributed by atoms with Crippen LogP contribution in [-0.4, -0.2) is 68.5 Å². The first-order valence-corrected chi connectivity index (χ1v) is 12.4. The summed E-state index contributed by atoms with van der Waals surface area (Å²) in [4.78, 5) is 40.9. The van der Waals surface area contributed by atoms with Crippen molar-refractivity contribution >= 4 is 17.5 Å². The van der Waals surface area contributed by atoms with Crippen LogP contribution in [-0.2, 0) is 16.0 Å². The van der Waals surface area contributed by atoms with Gasteiger partial charge in [0, 0.05) is 11.5 Å². The molecule has 0 saturated carbocycles. The average molecular weight is 519 g/mol. The zero-order valence-corrected chi connectivity index (χ0v) is 21.6. The molecule has 0 radical (unpaired) electrons. The Balaban J connectivity index is 1.73. The largest absolute Gasteiger partial charge is 0.510 e. The van der Waals surface area contributed by atoms with E-state index in [1.165, 1.54) is 11.0 Å². The SMILES string of the molecule is Cc1cc(C)cc(-c2ccc(O)c3c2C[C@H]2C[C@H]4[C@H](N(C)C)C(O)=C(C(N)=O)C(=O)[C@@]4(O)C(O)=C2C3=O)c1. The van der Waals surface area contributed by atoms with Gasteiger partial charge in [0.2, 0.25) is 5.78 Å². The van der Waals surface area contributed by atoms with E-state index in [1.807, 2.05) is 32.0 Å². The summed E-state index contributed by atoms with van der Waals surface area (Å²) in [5.41, 5.74) is 6.05. The number of aryl methyl sites for hydroxylation is 2. The summed E-state index contributed by atoms with van der Waals surface area (Å²) in [5, 5.41) is 44.7. The quantitative estimate of drug-likeness (QED) is 0.387. The molecule has 0 heterocycles. The molecule has 38 heavy (non-hydrogen) atoms. The minimum absolute atomic E-state index is 0.00226. The molecule has 0 bridgehead atoms. The Morgan fingerprint density at radius 1 is 1.05 bits per heavy atom. The Kier molecular flexibility index (Phi) is 5.77. The van der Waals surface area contributed by atoms with Crippen molar-refractivity contribution in [3.05, 3.63) is 75.3 Å². The molecule has 0 aliphatic heterocycles. The van der Waals surface area contributed by atoms with Crippen LogP contribution < -0.4 is 5.73 Å². The Bertz CT molecular complexity index is 1480. The Morgan fingerprint density at radius 2 is 1.68 bits per heavy atom. The predicted molar refractivity (Wildman–Crippen MR) is 139 cm³/mol. The number of phenolic OH excluding ortho intramolecular Hbond substituents is 1. The fourth-order valence-electron chi connectivity index (χ4n) is 6.65. The first kappa shape index (κ1) is 25.7. The van der Waals surface area contributed by atoms with Gasteiger partial charge in [0.05, 0.1) is 11.6 Å². The molecule has 198 valence electrons. The van der Waals surface area contributed by atoms with Gasteiger partial charge in [0.1, 0.15) is 22.8 Å². The minimum atomic E-state index is -2.65. The summed E-state index contributed by atoms with van der Waals surface area (Å²) in [5.74, 6) is -6.60. The van der Waals surface area contributed by atoms with Gasteiger partial charge in [-0.1, -0.05) is 35.4 Å². The maximum absolute atomic E-state index is 13.9. The van der Waals surface area contributed by atoms with Crippen LogP contribution in [0.25, 0.3) is 11.1 Å². The number of nitrogens with zero attached hydrogens (tertiary/aromatic N) is 1. The van der Waals surface area contributed by atoms with Crippen LogP contribution in [0.3, 0.4) is 0 Å². The second kappa shape index (κ2) is 8.54. The predicted octanol–water partition coefficient (Wildman–Crippen LogP) is 2.40. The third-order valence-corrected chi connectivity index (χ3v) is 8.14. The number of aromatic hydroxyl groups is 1. The van der Waals surface area contributed by atoms with Crippen molar-refractivity contribution in [3.63, 3.8) is 0 Å². The lowest BCUT2D eigenvalue weighted by molar-refractivity contribution is -0.148. The number of allylic oxidation sites excluding steroid dienone is 1. The topological polar surface area (TPSA) is 161 Å². The number of hydrogen-bond donors (Lipinski definition) is 5. The van der Waals surface area contributed by atoms with Gasteiger partial charge in [-0.25, -0.2) is 0 Å². The summed E-state index contributed by atoms with van der Waals surface area (Å²) in [6.45, 7) is 3.94. The molecule has 3 aliphatic carbocycles. The highest BCUT2D eigenvalue weighted by Gasteiger charge is 2.63. The van der Waals surface area contributed by atoms with E-state index >= 15 is 0 Å². The van der Waals surface area contributed by atoms with Gasteiger partial charge >= 0.3 is 0 Å². The lowest BCUT2D eigenvalue weighted by atomic mass is 9.58. The van der Waals surface area contributed by atoms with Crippen LogP contribution in [0.2, 0.25) is 0 Å². The zero-order chi connectivity index (χ0) is 27.8. The molecule has 2 aromatic carbocycles. The van der Waals surface area contributed by atoms with Gasteiger partial charge in [-0.2, -0.15) is 0 Å². The molecule has 2 aromatic rings. The summed E-state index contributed by atoms with van der Waals surface area (Å²) >= 11 is 0. The van der Waals surface area contributed by atoms with E-state index in [4.69, 9.17) is 5.73 Å². The number of aliphatic hydroxyl groups is 3. The number of Topliss-reactive ketones (excluding diaryl/α,β-unsaturated/α-hetero) is 2. The molecule has 0 aromatic heterocycles. The Hall–Kier alpha value is -3.95. The highest BCUT2D eigenvalue weighted by atomic mass is 16.3. The molecule has 6 N–H and O–H groups in total. The van der Waals surface area contributed by atoms with Crippen molar-refractivity contribution in [1.29, 1.82) is 0 Å². The summed E-state index contributed by atoms with van der Waals surface area (Å²) in [6, 6.07) is 8.16. The molecular weight excluding hydrogens is 488 g/mol. The first-order valence-electron chi connectivity index (χ1n) is 12.4. The molecule has 9 nitrogen and oxygen atoms in total. The second-order valence-electron chi connectivity index (χ2n) is 10.8. The monoisotopic (exact) mass is 518 g/mol. The maximum atomic E-state index is 13.9. The van der Waals surface area contributed by atoms with E-state index in [0.717, 1.165) is 22.3 Å². The number of hydrogen-bond acceptors (Lipinski definition) is 8. The number of phenols is 1. The van der Waals surface area contributed by atoms with Gasteiger partial charge in [-0.3, -0.25) is 19.3 Å². The number of amides is 1. The Morgan fingerprint density at radius 3 is 2.26 bits per heavy atom. The molecule has 1 amide bonds. The van der Waals surface area contributed by atoms with E-state index in [-0.39, 0.29) is 29.7 Å². The number of carbonyl (C=O) groups excluding carboxylic acids is 3. The van der Waals surface area contributed by atoms with Crippen LogP contribution in [0.1, 0.15) is 33.5 Å². The van der Waals surface area contributed by atoms with E-state index in [0.29, 0.717) is 5.56 Å². The average Bonchev–Trinajstić information content (AvgIpc) is 2.80. The summed E-state index contributed by atoms with van der Waals surface area (Å²) < 4.78 is 0. The molecule has 0 fully saturated rings. The fraction of sp³-hybridized carbons (Fsp3) is 0.345. The molecule has 0 saturated heterocycles. The van der Waals surface area contributed by atoms with Crippen molar-refractivity contribution < 1.29 is 34.8 Å². The molecule has 5 rings (SSSR count).